The van der Waals surface area contributed by atoms with Gasteiger partial charge in [-0.25, -0.2) is 13.1 Å². The maximum atomic E-state index is 12.2. The monoisotopic (exact) mass is 350 g/mol. The van der Waals surface area contributed by atoms with Gasteiger partial charge in [-0.05, 0) is 42.8 Å². The highest BCUT2D eigenvalue weighted by Gasteiger charge is 2.16. The molecular formula is C17H22N2O4S. The molecule has 2 aromatic rings. The predicted molar refractivity (Wildman–Crippen MR) is 91.0 cm³/mol. The van der Waals surface area contributed by atoms with Gasteiger partial charge in [-0.1, -0.05) is 13.3 Å². The highest BCUT2D eigenvalue weighted by molar-refractivity contribution is 7.89. The summed E-state index contributed by atoms with van der Waals surface area (Å²) >= 11 is 0. The van der Waals surface area contributed by atoms with E-state index < -0.39 is 10.0 Å². The lowest BCUT2D eigenvalue weighted by molar-refractivity contribution is 0.0793. The Balaban J connectivity index is 2.03. The number of amides is 1. The summed E-state index contributed by atoms with van der Waals surface area (Å²) < 4.78 is 32.0. The van der Waals surface area contributed by atoms with Crippen LogP contribution in [0.1, 0.15) is 35.9 Å². The summed E-state index contributed by atoms with van der Waals surface area (Å²) in [5.74, 6) is 0.416. The molecule has 0 fully saturated rings. The molecule has 130 valence electrons. The minimum Gasteiger partial charge on any atom is -0.468 e. The lowest BCUT2D eigenvalue weighted by Crippen LogP contribution is -2.28. The summed E-state index contributed by atoms with van der Waals surface area (Å²) in [5, 5.41) is 0. The Morgan fingerprint density at radius 1 is 1.21 bits per heavy atom. The van der Waals surface area contributed by atoms with E-state index in [0.717, 1.165) is 12.8 Å². The van der Waals surface area contributed by atoms with Crippen molar-refractivity contribution in [2.75, 3.05) is 13.6 Å². The summed E-state index contributed by atoms with van der Waals surface area (Å²) in [7, 11) is -1.90. The quantitative estimate of drug-likeness (QED) is 0.794. The zero-order valence-corrected chi connectivity index (χ0v) is 14.7. The van der Waals surface area contributed by atoms with Gasteiger partial charge in [-0.15, -0.1) is 0 Å². The Hall–Kier alpha value is -2.12. The number of carbonyl (C=O) groups excluding carboxylic acids is 1. The molecule has 0 radical (unpaired) electrons. The van der Waals surface area contributed by atoms with Crippen molar-refractivity contribution in [1.29, 1.82) is 0 Å². The van der Waals surface area contributed by atoms with Gasteiger partial charge < -0.3 is 9.32 Å². The number of nitrogens with one attached hydrogen (secondary N) is 1. The molecule has 0 atom stereocenters. The molecule has 0 unspecified atom stereocenters. The molecule has 0 aliphatic heterocycles. The van der Waals surface area contributed by atoms with Crippen LogP contribution in [0.4, 0.5) is 0 Å². The van der Waals surface area contributed by atoms with Crippen LogP contribution in [0.25, 0.3) is 0 Å². The van der Waals surface area contributed by atoms with Crippen LogP contribution in [-0.2, 0) is 16.6 Å². The summed E-state index contributed by atoms with van der Waals surface area (Å²) in [5.41, 5.74) is 0.471. The summed E-state index contributed by atoms with van der Waals surface area (Å²) in [6, 6.07) is 9.32. The Morgan fingerprint density at radius 2 is 1.92 bits per heavy atom. The number of nitrogens with zero attached hydrogens (tertiary/aromatic N) is 1. The number of benzene rings is 1. The van der Waals surface area contributed by atoms with E-state index in [9.17, 15) is 13.2 Å². The number of hydrogen-bond donors (Lipinski definition) is 1. The molecular weight excluding hydrogens is 328 g/mol. The highest BCUT2D eigenvalue weighted by Crippen LogP contribution is 2.13. The first-order valence-corrected chi connectivity index (χ1v) is 9.30. The van der Waals surface area contributed by atoms with Crippen LogP contribution >= 0.6 is 0 Å². The Bertz CT molecular complexity index is 752. The average molecular weight is 350 g/mol. The Labute approximate surface area is 142 Å². The van der Waals surface area contributed by atoms with E-state index in [2.05, 4.69) is 11.6 Å². The highest BCUT2D eigenvalue weighted by atomic mass is 32.2. The smallest absolute Gasteiger partial charge is 0.253 e. The maximum absolute atomic E-state index is 12.2. The Morgan fingerprint density at radius 3 is 2.50 bits per heavy atom. The van der Waals surface area contributed by atoms with Crippen molar-refractivity contribution >= 4 is 15.9 Å². The van der Waals surface area contributed by atoms with E-state index in [4.69, 9.17) is 4.42 Å². The van der Waals surface area contributed by atoms with Crippen LogP contribution in [0.5, 0.6) is 0 Å². The zero-order chi connectivity index (χ0) is 17.6. The van der Waals surface area contributed by atoms with E-state index in [1.165, 1.54) is 30.5 Å². The van der Waals surface area contributed by atoms with Crippen LogP contribution in [0.2, 0.25) is 0 Å². The van der Waals surface area contributed by atoms with Crippen LogP contribution < -0.4 is 4.72 Å². The molecule has 0 saturated carbocycles. The second kappa shape index (κ2) is 8.12. The largest absolute Gasteiger partial charge is 0.468 e. The first kappa shape index (κ1) is 18.2. The second-order valence-electron chi connectivity index (χ2n) is 5.51. The number of carbonyl (C=O) groups is 1. The molecule has 1 heterocycles. The van der Waals surface area contributed by atoms with Crippen LogP contribution in [0.15, 0.2) is 52.0 Å². The molecule has 0 aliphatic carbocycles. The van der Waals surface area contributed by atoms with Crippen molar-refractivity contribution in [3.05, 3.63) is 54.0 Å². The lowest BCUT2D eigenvalue weighted by atomic mass is 10.2. The van der Waals surface area contributed by atoms with Crippen molar-refractivity contribution in [2.24, 2.45) is 0 Å². The molecule has 24 heavy (non-hydrogen) atoms. The fourth-order valence-corrected chi connectivity index (χ4v) is 3.15. The molecule has 1 N–H and O–H groups in total. The maximum Gasteiger partial charge on any atom is 0.253 e. The molecule has 2 rings (SSSR count). The fraction of sp³-hybridized carbons (Fsp3) is 0.353. The van der Waals surface area contributed by atoms with Crippen molar-refractivity contribution in [1.82, 2.24) is 9.62 Å². The molecule has 0 aliphatic rings. The average Bonchev–Trinajstić information content (AvgIpc) is 3.11. The zero-order valence-electron chi connectivity index (χ0n) is 13.9. The number of hydrogen-bond acceptors (Lipinski definition) is 4. The second-order valence-corrected chi connectivity index (χ2v) is 7.28. The molecule has 7 heteroatoms. The minimum absolute atomic E-state index is 0.0791. The number of furan rings is 1. The molecule has 1 amide bonds. The Kier molecular flexibility index (Phi) is 6.16. The summed E-state index contributed by atoms with van der Waals surface area (Å²) in [4.78, 5) is 14.0. The van der Waals surface area contributed by atoms with E-state index in [0.29, 0.717) is 17.9 Å². The van der Waals surface area contributed by atoms with Gasteiger partial charge in [0, 0.05) is 19.2 Å². The van der Waals surface area contributed by atoms with Gasteiger partial charge in [0.15, 0.2) is 0 Å². The predicted octanol–water partition coefficient (Wildman–Crippen LogP) is 2.63. The molecule has 1 aromatic carbocycles. The molecule has 1 aromatic heterocycles. The lowest BCUT2D eigenvalue weighted by Gasteiger charge is -2.16. The van der Waals surface area contributed by atoms with E-state index >= 15 is 0 Å². The first-order valence-electron chi connectivity index (χ1n) is 7.81. The van der Waals surface area contributed by atoms with Gasteiger partial charge in [0.25, 0.3) is 5.91 Å². The van der Waals surface area contributed by atoms with Gasteiger partial charge in [0.1, 0.15) is 5.76 Å². The third kappa shape index (κ3) is 4.69. The molecule has 0 saturated heterocycles. The fourth-order valence-electron chi connectivity index (χ4n) is 2.16. The van der Waals surface area contributed by atoms with Crippen LogP contribution in [0.3, 0.4) is 0 Å². The summed E-state index contributed by atoms with van der Waals surface area (Å²) in [6.45, 7) is 2.82. The topological polar surface area (TPSA) is 79.6 Å². The van der Waals surface area contributed by atoms with Gasteiger partial charge in [-0.2, -0.15) is 0 Å². The third-order valence-electron chi connectivity index (χ3n) is 3.62. The van der Waals surface area contributed by atoms with E-state index in [1.54, 1.807) is 24.1 Å². The molecule has 0 spiro atoms. The van der Waals surface area contributed by atoms with Crippen molar-refractivity contribution < 1.29 is 17.6 Å². The van der Waals surface area contributed by atoms with Crippen LogP contribution in [-0.4, -0.2) is 32.8 Å². The van der Waals surface area contributed by atoms with E-state index in [-0.39, 0.29) is 17.3 Å². The van der Waals surface area contributed by atoms with Gasteiger partial charge in [-0.3, -0.25) is 4.79 Å². The number of sulfonamides is 1. The number of rotatable bonds is 8. The first-order chi connectivity index (χ1) is 11.4. The normalized spacial score (nSPS) is 11.4. The van der Waals surface area contributed by atoms with Gasteiger partial charge in [0.2, 0.25) is 10.0 Å². The van der Waals surface area contributed by atoms with Gasteiger partial charge >= 0.3 is 0 Å². The van der Waals surface area contributed by atoms with Gasteiger partial charge in [0.05, 0.1) is 17.7 Å². The van der Waals surface area contributed by atoms with E-state index in [1.807, 2.05) is 0 Å². The SMILES string of the molecule is CCCCN(C)C(=O)c1ccc(S(=O)(=O)NCc2ccco2)cc1. The third-order valence-corrected chi connectivity index (χ3v) is 5.04. The molecule has 0 bridgehead atoms. The van der Waals surface area contributed by atoms with Crippen LogP contribution in [0, 0.1) is 0 Å². The summed E-state index contributed by atoms with van der Waals surface area (Å²) in [6.07, 6.45) is 3.43. The van der Waals surface area contributed by atoms with Crippen molar-refractivity contribution in [3.8, 4) is 0 Å². The van der Waals surface area contributed by atoms with Crippen molar-refractivity contribution in [2.45, 2.75) is 31.2 Å². The minimum atomic E-state index is -3.65. The number of unbranched alkanes of at least 4 members (excludes halogenated alkanes) is 1. The molecule has 6 nitrogen and oxygen atoms in total. The standard InChI is InChI=1S/C17H22N2O4S/c1-3-4-11-19(2)17(20)14-7-9-16(10-8-14)24(21,22)18-13-15-6-5-12-23-15/h5-10,12,18H,3-4,11,13H2,1-2H3. The van der Waals surface area contributed by atoms with Crippen molar-refractivity contribution in [3.63, 3.8) is 0 Å².